The molecule has 0 bridgehead atoms. The van der Waals surface area contributed by atoms with E-state index in [0.717, 1.165) is 31.0 Å². The van der Waals surface area contributed by atoms with Crippen LogP contribution in [0.2, 0.25) is 0 Å². The van der Waals surface area contributed by atoms with Gasteiger partial charge in [0.15, 0.2) is 0 Å². The van der Waals surface area contributed by atoms with Crippen LogP contribution in [0, 0.1) is 0 Å². The molecule has 20 heavy (non-hydrogen) atoms. The van der Waals surface area contributed by atoms with Crippen LogP contribution in [0.3, 0.4) is 0 Å². The Morgan fingerprint density at radius 1 is 1.10 bits per heavy atom. The predicted octanol–water partition coefficient (Wildman–Crippen LogP) is 2.06. The van der Waals surface area contributed by atoms with Crippen molar-refractivity contribution in [2.75, 3.05) is 45.1 Å². The van der Waals surface area contributed by atoms with E-state index in [0.29, 0.717) is 6.04 Å². The summed E-state index contributed by atoms with van der Waals surface area (Å²) in [6, 6.07) is 8.28. The fraction of sp³-hybridized carbons (Fsp3) is 0.625. The molecule has 0 saturated carbocycles. The first-order chi connectivity index (χ1) is 9.65. The Balaban J connectivity index is 1.59. The van der Waals surface area contributed by atoms with Crippen LogP contribution < -0.4 is 10.5 Å². The van der Waals surface area contributed by atoms with Gasteiger partial charge in [-0.1, -0.05) is 0 Å². The number of rotatable bonds is 6. The van der Waals surface area contributed by atoms with Crippen molar-refractivity contribution in [2.24, 2.45) is 0 Å². The normalized spacial score (nSPS) is 17.6. The van der Waals surface area contributed by atoms with Gasteiger partial charge in [-0.2, -0.15) is 0 Å². The molecule has 1 fully saturated rings. The number of hydrogen-bond acceptors (Lipinski definition) is 4. The van der Waals surface area contributed by atoms with Crippen LogP contribution in [0.25, 0.3) is 0 Å². The summed E-state index contributed by atoms with van der Waals surface area (Å²) in [5.74, 6) is 0.906. The Labute approximate surface area is 122 Å². The van der Waals surface area contributed by atoms with Crippen molar-refractivity contribution in [1.82, 2.24) is 9.80 Å². The molecule has 0 spiro atoms. The first-order valence-corrected chi connectivity index (χ1v) is 7.60. The van der Waals surface area contributed by atoms with E-state index in [1.54, 1.807) is 0 Å². The molecule has 0 aliphatic carbocycles. The summed E-state index contributed by atoms with van der Waals surface area (Å²) >= 11 is 0. The highest BCUT2D eigenvalue weighted by Gasteiger charge is 2.17. The molecule has 1 aliphatic rings. The maximum Gasteiger partial charge on any atom is 0.119 e. The zero-order valence-electron chi connectivity index (χ0n) is 12.7. The topological polar surface area (TPSA) is 41.7 Å². The van der Waals surface area contributed by atoms with E-state index in [2.05, 4.69) is 23.6 Å². The zero-order chi connectivity index (χ0) is 14.4. The van der Waals surface area contributed by atoms with Gasteiger partial charge in [0, 0.05) is 44.5 Å². The smallest absolute Gasteiger partial charge is 0.119 e. The van der Waals surface area contributed by atoms with E-state index in [1.165, 1.54) is 26.2 Å². The Hall–Kier alpha value is -1.26. The van der Waals surface area contributed by atoms with E-state index >= 15 is 0 Å². The predicted molar refractivity (Wildman–Crippen MR) is 84.1 cm³/mol. The molecule has 1 aliphatic heterocycles. The fourth-order valence-electron chi connectivity index (χ4n) is 2.55. The Kier molecular flexibility index (Phi) is 5.68. The standard InChI is InChI=1S/C16H27N3O/c1-14(2)19-11-9-18(10-12-19)8-3-13-20-16-6-4-15(17)5-7-16/h4-7,14H,3,8-13,17H2,1-2H3. The average Bonchev–Trinajstić information content (AvgIpc) is 2.46. The first-order valence-electron chi connectivity index (χ1n) is 7.60. The first kappa shape index (κ1) is 15.1. The van der Waals surface area contributed by atoms with Crippen molar-refractivity contribution in [3.05, 3.63) is 24.3 Å². The fourth-order valence-corrected chi connectivity index (χ4v) is 2.55. The van der Waals surface area contributed by atoms with Crippen molar-refractivity contribution in [2.45, 2.75) is 26.3 Å². The van der Waals surface area contributed by atoms with Crippen molar-refractivity contribution in [3.8, 4) is 5.75 Å². The number of nitrogens with zero attached hydrogens (tertiary/aromatic N) is 2. The molecule has 4 nitrogen and oxygen atoms in total. The molecule has 2 rings (SSSR count). The second kappa shape index (κ2) is 7.50. The lowest BCUT2D eigenvalue weighted by atomic mass is 10.2. The Morgan fingerprint density at radius 3 is 2.35 bits per heavy atom. The van der Waals surface area contributed by atoms with Crippen molar-refractivity contribution in [3.63, 3.8) is 0 Å². The van der Waals surface area contributed by atoms with Gasteiger partial charge in [0.05, 0.1) is 6.61 Å². The maximum absolute atomic E-state index is 5.72. The van der Waals surface area contributed by atoms with Crippen molar-refractivity contribution >= 4 is 5.69 Å². The van der Waals surface area contributed by atoms with E-state index < -0.39 is 0 Å². The quantitative estimate of drug-likeness (QED) is 0.638. The zero-order valence-corrected chi connectivity index (χ0v) is 12.7. The summed E-state index contributed by atoms with van der Waals surface area (Å²) in [6.45, 7) is 11.2. The number of ether oxygens (including phenoxy) is 1. The minimum Gasteiger partial charge on any atom is -0.494 e. The summed E-state index contributed by atoms with van der Waals surface area (Å²) in [7, 11) is 0. The molecular weight excluding hydrogens is 250 g/mol. The Morgan fingerprint density at radius 2 is 1.75 bits per heavy atom. The minimum atomic E-state index is 0.672. The van der Waals surface area contributed by atoms with Gasteiger partial charge in [0.25, 0.3) is 0 Å². The highest BCUT2D eigenvalue weighted by Crippen LogP contribution is 2.13. The number of hydrogen-bond donors (Lipinski definition) is 1. The molecule has 0 atom stereocenters. The Bertz CT molecular complexity index is 383. The number of nitrogen functional groups attached to an aromatic ring is 1. The number of benzene rings is 1. The molecule has 1 aromatic carbocycles. The summed E-state index contributed by atoms with van der Waals surface area (Å²) in [6.07, 6.45) is 1.08. The summed E-state index contributed by atoms with van der Waals surface area (Å²) in [5.41, 5.74) is 6.42. The molecule has 0 amide bonds. The third-order valence-corrected chi connectivity index (χ3v) is 3.90. The molecular formula is C16H27N3O. The van der Waals surface area contributed by atoms with Crippen LogP contribution >= 0.6 is 0 Å². The molecule has 4 heteroatoms. The second-order valence-corrected chi connectivity index (χ2v) is 5.74. The molecule has 1 saturated heterocycles. The lowest BCUT2D eigenvalue weighted by molar-refractivity contribution is 0.104. The van der Waals surface area contributed by atoms with E-state index in [-0.39, 0.29) is 0 Å². The molecule has 1 aromatic rings. The van der Waals surface area contributed by atoms with E-state index in [9.17, 15) is 0 Å². The third kappa shape index (κ3) is 4.69. The van der Waals surface area contributed by atoms with E-state index in [1.807, 2.05) is 24.3 Å². The van der Waals surface area contributed by atoms with Gasteiger partial charge in [-0.15, -0.1) is 0 Å². The molecule has 0 unspecified atom stereocenters. The van der Waals surface area contributed by atoms with Gasteiger partial charge in [0.1, 0.15) is 5.75 Å². The second-order valence-electron chi connectivity index (χ2n) is 5.74. The molecule has 112 valence electrons. The van der Waals surface area contributed by atoms with Gasteiger partial charge in [-0.05, 0) is 44.5 Å². The number of nitrogens with two attached hydrogens (primary N) is 1. The van der Waals surface area contributed by atoms with Crippen molar-refractivity contribution < 1.29 is 4.74 Å². The summed E-state index contributed by atoms with van der Waals surface area (Å²) in [4.78, 5) is 5.08. The summed E-state index contributed by atoms with van der Waals surface area (Å²) in [5, 5.41) is 0. The average molecular weight is 277 g/mol. The van der Waals surface area contributed by atoms with E-state index in [4.69, 9.17) is 10.5 Å². The van der Waals surface area contributed by atoms with Crippen LogP contribution in [0.4, 0.5) is 5.69 Å². The summed E-state index contributed by atoms with van der Waals surface area (Å²) < 4.78 is 5.72. The molecule has 1 heterocycles. The van der Waals surface area contributed by atoms with Gasteiger partial charge in [-0.3, -0.25) is 4.90 Å². The van der Waals surface area contributed by atoms with Gasteiger partial charge < -0.3 is 15.4 Å². The third-order valence-electron chi connectivity index (χ3n) is 3.90. The highest BCUT2D eigenvalue weighted by molar-refractivity contribution is 5.41. The highest BCUT2D eigenvalue weighted by atomic mass is 16.5. The molecule has 0 aromatic heterocycles. The van der Waals surface area contributed by atoms with Gasteiger partial charge in [0.2, 0.25) is 0 Å². The van der Waals surface area contributed by atoms with Crippen LogP contribution in [0.1, 0.15) is 20.3 Å². The monoisotopic (exact) mass is 277 g/mol. The lowest BCUT2D eigenvalue weighted by Crippen LogP contribution is -2.49. The minimum absolute atomic E-state index is 0.672. The van der Waals surface area contributed by atoms with Gasteiger partial charge >= 0.3 is 0 Å². The van der Waals surface area contributed by atoms with Crippen LogP contribution in [-0.2, 0) is 0 Å². The SMILES string of the molecule is CC(C)N1CCN(CCCOc2ccc(N)cc2)CC1. The van der Waals surface area contributed by atoms with Crippen LogP contribution in [0.15, 0.2) is 24.3 Å². The molecule has 0 radical (unpaired) electrons. The lowest BCUT2D eigenvalue weighted by Gasteiger charge is -2.36. The largest absolute Gasteiger partial charge is 0.494 e. The van der Waals surface area contributed by atoms with Crippen LogP contribution in [-0.4, -0.2) is 55.2 Å². The van der Waals surface area contributed by atoms with Gasteiger partial charge in [-0.25, -0.2) is 0 Å². The number of anilines is 1. The van der Waals surface area contributed by atoms with Crippen LogP contribution in [0.5, 0.6) is 5.75 Å². The maximum atomic E-state index is 5.72. The molecule has 2 N–H and O–H groups in total. The van der Waals surface area contributed by atoms with Crippen molar-refractivity contribution in [1.29, 1.82) is 0 Å². The number of piperazine rings is 1.